The summed E-state index contributed by atoms with van der Waals surface area (Å²) in [5, 5.41) is 0. The molecule has 20 heavy (non-hydrogen) atoms. The highest BCUT2D eigenvalue weighted by Gasteiger charge is 2.13. The third kappa shape index (κ3) is 3.37. The van der Waals surface area contributed by atoms with E-state index in [4.69, 9.17) is 5.84 Å². The van der Waals surface area contributed by atoms with E-state index in [0.717, 1.165) is 11.6 Å². The molecule has 2 aromatic carbocycles. The second-order valence-corrected chi connectivity index (χ2v) is 4.71. The predicted octanol–water partition coefficient (Wildman–Crippen LogP) is 3.16. The minimum Gasteiger partial charge on any atom is -0.271 e. The molecule has 0 saturated carbocycles. The molecule has 0 radical (unpaired) electrons. The Labute approximate surface area is 115 Å². The molecule has 2 nitrogen and oxygen atoms in total. The van der Waals surface area contributed by atoms with Crippen LogP contribution >= 0.6 is 0 Å². The molecular formula is C15H15F3N2. The molecule has 0 aliphatic carbocycles. The van der Waals surface area contributed by atoms with Gasteiger partial charge < -0.3 is 0 Å². The fourth-order valence-corrected chi connectivity index (χ4v) is 2.12. The zero-order valence-corrected chi connectivity index (χ0v) is 11.0. The molecule has 106 valence electrons. The number of rotatable bonds is 4. The Balaban J connectivity index is 2.26. The molecule has 3 N–H and O–H groups in total. The van der Waals surface area contributed by atoms with E-state index in [-0.39, 0.29) is 11.9 Å². The third-order valence-electron chi connectivity index (χ3n) is 3.15. The third-order valence-corrected chi connectivity index (χ3v) is 3.15. The molecule has 0 aliphatic rings. The molecule has 0 aliphatic heterocycles. The van der Waals surface area contributed by atoms with Gasteiger partial charge in [-0.05, 0) is 48.2 Å². The molecule has 0 amide bonds. The molecule has 0 spiro atoms. The van der Waals surface area contributed by atoms with Crippen LogP contribution in [0, 0.1) is 24.4 Å². The fraction of sp³-hybridized carbons (Fsp3) is 0.200. The van der Waals surface area contributed by atoms with Crippen LogP contribution < -0.4 is 11.3 Å². The van der Waals surface area contributed by atoms with Crippen LogP contribution in [0.15, 0.2) is 36.4 Å². The van der Waals surface area contributed by atoms with Gasteiger partial charge in [0.25, 0.3) is 0 Å². The maximum absolute atomic E-state index is 13.2. The molecule has 0 aromatic heterocycles. The van der Waals surface area contributed by atoms with Crippen LogP contribution in [-0.4, -0.2) is 0 Å². The highest BCUT2D eigenvalue weighted by atomic mass is 19.1. The van der Waals surface area contributed by atoms with Gasteiger partial charge in [0.05, 0.1) is 0 Å². The highest BCUT2D eigenvalue weighted by molar-refractivity contribution is 5.29. The number of halogens is 3. The second kappa shape index (κ2) is 6.07. The zero-order chi connectivity index (χ0) is 14.7. The summed E-state index contributed by atoms with van der Waals surface area (Å²) in [5.74, 6) is 3.91. The predicted molar refractivity (Wildman–Crippen MR) is 71.3 cm³/mol. The summed E-state index contributed by atoms with van der Waals surface area (Å²) in [6.07, 6.45) is 0.302. The van der Waals surface area contributed by atoms with E-state index in [1.54, 1.807) is 19.1 Å². The van der Waals surface area contributed by atoms with Gasteiger partial charge >= 0.3 is 0 Å². The molecule has 0 bridgehead atoms. The lowest BCUT2D eigenvalue weighted by Gasteiger charge is -2.17. The van der Waals surface area contributed by atoms with Gasteiger partial charge in [-0.2, -0.15) is 0 Å². The molecule has 0 saturated heterocycles. The first-order valence-electron chi connectivity index (χ1n) is 6.16. The Morgan fingerprint density at radius 1 is 1.05 bits per heavy atom. The Morgan fingerprint density at radius 3 is 2.25 bits per heavy atom. The monoisotopic (exact) mass is 280 g/mol. The van der Waals surface area contributed by atoms with Crippen molar-refractivity contribution in [1.82, 2.24) is 5.43 Å². The van der Waals surface area contributed by atoms with Crippen LogP contribution in [-0.2, 0) is 6.42 Å². The van der Waals surface area contributed by atoms with Gasteiger partial charge in [0.2, 0.25) is 0 Å². The second-order valence-electron chi connectivity index (χ2n) is 4.71. The number of nitrogens with two attached hydrogens (primary N) is 1. The maximum Gasteiger partial charge on any atom is 0.126 e. The zero-order valence-electron chi connectivity index (χ0n) is 11.0. The normalized spacial score (nSPS) is 12.4. The maximum atomic E-state index is 13.2. The number of aryl methyl sites for hydroxylation is 1. The fourth-order valence-electron chi connectivity index (χ4n) is 2.12. The molecule has 2 rings (SSSR count). The average Bonchev–Trinajstić information content (AvgIpc) is 2.38. The van der Waals surface area contributed by atoms with Crippen molar-refractivity contribution < 1.29 is 13.2 Å². The SMILES string of the molecule is Cc1cc(C(Cc2cc(F)cc(F)c2)NN)ccc1F. The van der Waals surface area contributed by atoms with Crippen molar-refractivity contribution in [1.29, 1.82) is 0 Å². The summed E-state index contributed by atoms with van der Waals surface area (Å²) in [6.45, 7) is 1.65. The number of hydrazine groups is 1. The number of benzene rings is 2. The smallest absolute Gasteiger partial charge is 0.126 e. The standard InChI is InChI=1S/C15H15F3N2/c1-9-4-11(2-3-14(9)18)15(20-19)7-10-5-12(16)8-13(17)6-10/h2-6,8,15,20H,7,19H2,1H3. The number of hydrogen-bond acceptors (Lipinski definition) is 2. The Bertz CT molecular complexity index is 594. The van der Waals surface area contributed by atoms with Crippen molar-refractivity contribution in [2.75, 3.05) is 0 Å². The van der Waals surface area contributed by atoms with Crippen molar-refractivity contribution in [3.63, 3.8) is 0 Å². The van der Waals surface area contributed by atoms with Gasteiger partial charge in [-0.3, -0.25) is 11.3 Å². The van der Waals surface area contributed by atoms with E-state index >= 15 is 0 Å². The Hall–Kier alpha value is -1.85. The van der Waals surface area contributed by atoms with Crippen molar-refractivity contribution in [2.24, 2.45) is 5.84 Å². The van der Waals surface area contributed by atoms with Gasteiger partial charge in [0.15, 0.2) is 0 Å². The summed E-state index contributed by atoms with van der Waals surface area (Å²) in [4.78, 5) is 0. The van der Waals surface area contributed by atoms with Gasteiger partial charge in [-0.25, -0.2) is 13.2 Å². The van der Waals surface area contributed by atoms with E-state index < -0.39 is 11.6 Å². The lowest BCUT2D eigenvalue weighted by atomic mass is 9.98. The Morgan fingerprint density at radius 2 is 1.70 bits per heavy atom. The number of nitrogens with one attached hydrogen (secondary N) is 1. The molecule has 1 unspecified atom stereocenters. The van der Waals surface area contributed by atoms with Crippen LogP contribution in [0.1, 0.15) is 22.7 Å². The molecule has 5 heteroatoms. The first-order valence-corrected chi connectivity index (χ1v) is 6.16. The largest absolute Gasteiger partial charge is 0.271 e. The van der Waals surface area contributed by atoms with Gasteiger partial charge in [-0.15, -0.1) is 0 Å². The van der Waals surface area contributed by atoms with E-state index in [1.807, 2.05) is 0 Å². The Kier molecular flexibility index (Phi) is 4.42. The minimum atomic E-state index is -0.633. The van der Waals surface area contributed by atoms with Gasteiger partial charge in [0.1, 0.15) is 17.5 Å². The lowest BCUT2D eigenvalue weighted by molar-refractivity contribution is 0.537. The van der Waals surface area contributed by atoms with Crippen LogP contribution in [0.4, 0.5) is 13.2 Å². The van der Waals surface area contributed by atoms with Crippen molar-refractivity contribution in [3.05, 3.63) is 70.5 Å². The molecule has 1 atom stereocenters. The topological polar surface area (TPSA) is 38.0 Å². The first kappa shape index (κ1) is 14.6. The summed E-state index contributed by atoms with van der Waals surface area (Å²) < 4.78 is 39.6. The summed E-state index contributed by atoms with van der Waals surface area (Å²) >= 11 is 0. The van der Waals surface area contributed by atoms with Crippen molar-refractivity contribution in [2.45, 2.75) is 19.4 Å². The quantitative estimate of drug-likeness (QED) is 0.667. The minimum absolute atomic E-state index is 0.302. The summed E-state index contributed by atoms with van der Waals surface area (Å²) in [6, 6.07) is 7.58. The average molecular weight is 280 g/mol. The van der Waals surface area contributed by atoms with Gasteiger partial charge in [0, 0.05) is 12.1 Å². The van der Waals surface area contributed by atoms with Gasteiger partial charge in [-0.1, -0.05) is 12.1 Å². The van der Waals surface area contributed by atoms with E-state index in [0.29, 0.717) is 17.5 Å². The molecule has 0 fully saturated rings. The first-order chi connectivity index (χ1) is 9.49. The summed E-state index contributed by atoms with van der Waals surface area (Å²) in [7, 11) is 0. The lowest BCUT2D eigenvalue weighted by Crippen LogP contribution is -2.29. The summed E-state index contributed by atoms with van der Waals surface area (Å²) in [5.41, 5.74) is 4.32. The van der Waals surface area contributed by atoms with E-state index in [9.17, 15) is 13.2 Å². The van der Waals surface area contributed by atoms with Crippen LogP contribution in [0.2, 0.25) is 0 Å². The van der Waals surface area contributed by atoms with Crippen LogP contribution in [0.5, 0.6) is 0 Å². The van der Waals surface area contributed by atoms with E-state index in [2.05, 4.69) is 5.43 Å². The van der Waals surface area contributed by atoms with Crippen LogP contribution in [0.3, 0.4) is 0 Å². The molecule has 0 heterocycles. The molecular weight excluding hydrogens is 265 g/mol. The van der Waals surface area contributed by atoms with Crippen LogP contribution in [0.25, 0.3) is 0 Å². The van der Waals surface area contributed by atoms with Crippen molar-refractivity contribution >= 4 is 0 Å². The van der Waals surface area contributed by atoms with Crippen molar-refractivity contribution in [3.8, 4) is 0 Å². The molecule has 2 aromatic rings. The number of hydrogen-bond donors (Lipinski definition) is 2. The van der Waals surface area contributed by atoms with E-state index in [1.165, 1.54) is 18.2 Å². The highest BCUT2D eigenvalue weighted by Crippen LogP contribution is 2.21.